The number of rotatable bonds is 1. The summed E-state index contributed by atoms with van der Waals surface area (Å²) in [6.45, 7) is 11.6. The zero-order valence-electron chi connectivity index (χ0n) is 11.7. The van der Waals surface area contributed by atoms with Crippen LogP contribution in [0.5, 0.6) is 0 Å². The first-order chi connectivity index (χ1) is 7.61. The molecule has 2 bridgehead atoms. The number of Topliss-reactive ketones (excluding diaryl/α,β-unsaturated/α-hetero) is 2. The molecule has 96 valence electrons. The van der Waals surface area contributed by atoms with Crippen LogP contribution in [0.4, 0.5) is 0 Å². The van der Waals surface area contributed by atoms with Crippen molar-refractivity contribution in [3.63, 3.8) is 0 Å². The second kappa shape index (κ2) is 3.53. The van der Waals surface area contributed by atoms with Gasteiger partial charge in [0.25, 0.3) is 0 Å². The first-order valence-electron chi connectivity index (χ1n) is 6.66. The maximum absolute atomic E-state index is 12.0. The van der Waals surface area contributed by atoms with Gasteiger partial charge in [-0.25, -0.2) is 0 Å². The maximum Gasteiger partial charge on any atom is 0.143 e. The molecule has 3 heteroatoms. The van der Waals surface area contributed by atoms with Gasteiger partial charge in [-0.05, 0) is 22.9 Å². The average Bonchev–Trinajstić information content (AvgIpc) is 2.15. The lowest BCUT2D eigenvalue weighted by atomic mass is 9.68. The SMILES string of the molecule is CC(C)(C)[Si](C)(C)C12CCC(C(=O)C1)C(=O)C2. The van der Waals surface area contributed by atoms with E-state index in [4.69, 9.17) is 0 Å². The average molecular weight is 252 g/mol. The van der Waals surface area contributed by atoms with Crippen molar-refractivity contribution >= 4 is 19.6 Å². The molecule has 0 radical (unpaired) electrons. The van der Waals surface area contributed by atoms with E-state index in [0.29, 0.717) is 12.8 Å². The van der Waals surface area contributed by atoms with Crippen molar-refractivity contribution in [3.8, 4) is 0 Å². The van der Waals surface area contributed by atoms with Crippen molar-refractivity contribution in [2.24, 2.45) is 5.92 Å². The van der Waals surface area contributed by atoms with Gasteiger partial charge in [0.15, 0.2) is 0 Å². The van der Waals surface area contributed by atoms with Crippen molar-refractivity contribution in [1.29, 1.82) is 0 Å². The van der Waals surface area contributed by atoms with Gasteiger partial charge in [0.2, 0.25) is 0 Å². The van der Waals surface area contributed by atoms with E-state index in [1.807, 2.05) is 0 Å². The van der Waals surface area contributed by atoms with Gasteiger partial charge >= 0.3 is 0 Å². The largest absolute Gasteiger partial charge is 0.299 e. The van der Waals surface area contributed by atoms with Crippen molar-refractivity contribution in [2.75, 3.05) is 0 Å². The molecule has 2 nitrogen and oxygen atoms in total. The van der Waals surface area contributed by atoms with E-state index in [0.717, 1.165) is 12.8 Å². The molecular weight excluding hydrogens is 228 g/mol. The second-order valence-electron chi connectivity index (χ2n) is 7.53. The summed E-state index contributed by atoms with van der Waals surface area (Å²) in [7, 11) is -1.64. The molecule has 0 amide bonds. The van der Waals surface area contributed by atoms with Crippen LogP contribution in [0.1, 0.15) is 46.5 Å². The molecule has 0 atom stereocenters. The summed E-state index contributed by atoms with van der Waals surface area (Å²) in [5.74, 6) is 0.233. The van der Waals surface area contributed by atoms with Crippen LogP contribution in [0.2, 0.25) is 23.2 Å². The lowest BCUT2D eigenvalue weighted by Crippen LogP contribution is -2.57. The van der Waals surface area contributed by atoms with Gasteiger partial charge < -0.3 is 0 Å². The molecule has 3 saturated carbocycles. The highest BCUT2D eigenvalue weighted by Gasteiger charge is 2.60. The maximum atomic E-state index is 12.0. The molecule has 3 rings (SSSR count). The Morgan fingerprint density at radius 3 is 1.94 bits per heavy atom. The summed E-state index contributed by atoms with van der Waals surface area (Å²) in [5, 5.41) is 0.298. The Morgan fingerprint density at radius 2 is 1.59 bits per heavy atom. The number of carbonyl (C=O) groups excluding carboxylic acids is 2. The van der Waals surface area contributed by atoms with Crippen LogP contribution in [-0.2, 0) is 9.59 Å². The fraction of sp³-hybridized carbons (Fsp3) is 0.857. The molecule has 0 aromatic rings. The van der Waals surface area contributed by atoms with Crippen molar-refractivity contribution in [1.82, 2.24) is 0 Å². The summed E-state index contributed by atoms with van der Waals surface area (Å²) in [6, 6.07) is 0. The molecule has 0 N–H and O–H groups in total. The van der Waals surface area contributed by atoms with Gasteiger partial charge in [-0.3, -0.25) is 9.59 Å². The predicted octanol–water partition coefficient (Wildman–Crippen LogP) is 3.58. The van der Waals surface area contributed by atoms with Gasteiger partial charge in [0, 0.05) is 12.8 Å². The van der Waals surface area contributed by atoms with Crippen LogP contribution in [0.3, 0.4) is 0 Å². The third-order valence-electron chi connectivity index (χ3n) is 5.91. The molecule has 0 aromatic heterocycles. The molecule has 0 spiro atoms. The van der Waals surface area contributed by atoms with Gasteiger partial charge in [0.05, 0.1) is 14.0 Å². The Balaban J connectivity index is 2.43. The minimum Gasteiger partial charge on any atom is -0.299 e. The van der Waals surface area contributed by atoms with E-state index >= 15 is 0 Å². The Bertz CT molecular complexity index is 358. The lowest BCUT2D eigenvalue weighted by Gasteiger charge is -2.57. The van der Waals surface area contributed by atoms with Crippen LogP contribution >= 0.6 is 0 Å². The summed E-state index contributed by atoms with van der Waals surface area (Å²) in [4.78, 5) is 24.1. The van der Waals surface area contributed by atoms with E-state index in [2.05, 4.69) is 33.9 Å². The van der Waals surface area contributed by atoms with Gasteiger partial charge in [-0.1, -0.05) is 33.9 Å². The van der Waals surface area contributed by atoms with Gasteiger partial charge in [-0.15, -0.1) is 0 Å². The fourth-order valence-electron chi connectivity index (χ4n) is 3.62. The molecule has 3 aliphatic rings. The molecule has 0 saturated heterocycles. The Hall–Kier alpha value is -0.443. The molecule has 0 aliphatic heterocycles. The van der Waals surface area contributed by atoms with Crippen molar-refractivity contribution in [3.05, 3.63) is 0 Å². The summed E-state index contributed by atoms with van der Waals surface area (Å²) < 4.78 is 0. The third-order valence-corrected chi connectivity index (χ3v) is 12.9. The summed E-state index contributed by atoms with van der Waals surface area (Å²) in [6.07, 6.45) is 3.29. The number of hydrogen-bond donors (Lipinski definition) is 0. The smallest absolute Gasteiger partial charge is 0.143 e. The monoisotopic (exact) mass is 252 g/mol. The van der Waals surface area contributed by atoms with Crippen molar-refractivity contribution < 1.29 is 9.59 Å². The van der Waals surface area contributed by atoms with Crippen LogP contribution in [0.15, 0.2) is 0 Å². The number of fused-ring (bicyclic) bond motifs is 3. The molecule has 17 heavy (non-hydrogen) atoms. The number of carbonyl (C=O) groups is 2. The van der Waals surface area contributed by atoms with Gasteiger partial charge in [0.1, 0.15) is 11.6 Å². The molecule has 0 unspecified atom stereocenters. The van der Waals surface area contributed by atoms with E-state index in [-0.39, 0.29) is 27.6 Å². The zero-order valence-corrected chi connectivity index (χ0v) is 12.7. The first-order valence-corrected chi connectivity index (χ1v) is 9.66. The Morgan fingerprint density at radius 1 is 1.12 bits per heavy atom. The van der Waals surface area contributed by atoms with Crippen molar-refractivity contribution in [2.45, 2.75) is 69.6 Å². The van der Waals surface area contributed by atoms with Gasteiger partial charge in [-0.2, -0.15) is 0 Å². The lowest BCUT2D eigenvalue weighted by molar-refractivity contribution is -0.140. The normalized spacial score (nSPS) is 34.3. The van der Waals surface area contributed by atoms with E-state index < -0.39 is 8.07 Å². The molecular formula is C14H24O2Si. The number of ketones is 2. The second-order valence-corrected chi connectivity index (χ2v) is 13.3. The Kier molecular flexibility index (Phi) is 2.70. The van der Waals surface area contributed by atoms with E-state index in [9.17, 15) is 9.59 Å². The van der Waals surface area contributed by atoms with Crippen LogP contribution in [0.25, 0.3) is 0 Å². The molecule has 3 aliphatic carbocycles. The minimum absolute atomic E-state index is 0.0498. The molecule has 0 aromatic carbocycles. The fourth-order valence-corrected chi connectivity index (χ4v) is 7.22. The van der Waals surface area contributed by atoms with E-state index in [1.54, 1.807) is 0 Å². The topological polar surface area (TPSA) is 34.1 Å². The standard InChI is InChI=1S/C14H24O2Si/c1-13(2,3)17(4,5)14-7-6-10(11(15)8-14)12(16)9-14/h10H,6-9H2,1-5H3. The molecule has 3 fully saturated rings. The van der Waals surface area contributed by atoms with Crippen LogP contribution in [0, 0.1) is 5.92 Å². The zero-order chi connectivity index (χ0) is 13.1. The third kappa shape index (κ3) is 1.66. The quantitative estimate of drug-likeness (QED) is 0.528. The Labute approximate surface area is 105 Å². The summed E-state index contributed by atoms with van der Waals surface area (Å²) in [5.41, 5.74) is 0. The molecule has 0 heterocycles. The first kappa shape index (κ1) is 13.0. The van der Waals surface area contributed by atoms with Crippen LogP contribution in [-0.4, -0.2) is 19.6 Å². The highest BCUT2D eigenvalue weighted by molar-refractivity contribution is 6.83. The summed E-state index contributed by atoms with van der Waals surface area (Å²) >= 11 is 0. The highest BCUT2D eigenvalue weighted by atomic mass is 28.3. The van der Waals surface area contributed by atoms with E-state index in [1.165, 1.54) is 0 Å². The van der Waals surface area contributed by atoms with Crippen LogP contribution < -0.4 is 0 Å². The number of hydrogen-bond acceptors (Lipinski definition) is 2. The highest BCUT2D eigenvalue weighted by Crippen LogP contribution is 2.63. The predicted molar refractivity (Wildman–Crippen MR) is 71.9 cm³/mol. The minimum atomic E-state index is -1.64.